The summed E-state index contributed by atoms with van der Waals surface area (Å²) >= 11 is 0. The smallest absolute Gasteiger partial charge is 0.286 e. The Hall–Kier alpha value is -2.43. The van der Waals surface area contributed by atoms with Crippen molar-refractivity contribution in [2.24, 2.45) is 7.05 Å². The molecule has 0 bridgehead atoms. The highest BCUT2D eigenvalue weighted by atomic mass is 16.1. The normalized spacial score (nSPS) is 10.9. The molecule has 0 saturated carbocycles. The molecule has 0 amide bonds. The van der Waals surface area contributed by atoms with E-state index >= 15 is 0 Å². The van der Waals surface area contributed by atoms with Crippen molar-refractivity contribution in [3.8, 4) is 0 Å². The topological polar surface area (TPSA) is 52.7 Å². The molecule has 0 aliphatic heterocycles. The van der Waals surface area contributed by atoms with Gasteiger partial charge in [-0.3, -0.25) is 14.1 Å². The van der Waals surface area contributed by atoms with Crippen LogP contribution in [0.1, 0.15) is 5.56 Å². The Morgan fingerprint density at radius 3 is 2.72 bits per heavy atom. The zero-order valence-electron chi connectivity index (χ0n) is 9.95. The van der Waals surface area contributed by atoms with Gasteiger partial charge in [0.05, 0.1) is 12.1 Å². The highest BCUT2D eigenvalue weighted by molar-refractivity contribution is 5.71. The largest absolute Gasteiger partial charge is 0.330 e. The number of nitrogens with zero attached hydrogens (tertiary/aromatic N) is 4. The highest BCUT2D eigenvalue weighted by Crippen LogP contribution is 2.10. The quantitative estimate of drug-likeness (QED) is 0.676. The fourth-order valence-corrected chi connectivity index (χ4v) is 2.06. The van der Waals surface area contributed by atoms with Crippen LogP contribution in [0, 0.1) is 0 Å². The van der Waals surface area contributed by atoms with Gasteiger partial charge in [-0.2, -0.15) is 0 Å². The van der Waals surface area contributed by atoms with E-state index in [1.165, 1.54) is 0 Å². The van der Waals surface area contributed by atoms with Crippen molar-refractivity contribution < 1.29 is 0 Å². The molecule has 90 valence electrons. The molecule has 3 rings (SSSR count). The summed E-state index contributed by atoms with van der Waals surface area (Å²) < 4.78 is 3.29. The fourth-order valence-electron chi connectivity index (χ4n) is 2.06. The summed E-state index contributed by atoms with van der Waals surface area (Å²) in [6, 6.07) is 7.55. The molecule has 0 radical (unpaired) electrons. The number of pyridine rings is 2. The molecule has 5 heteroatoms. The number of aryl methyl sites for hydroxylation is 1. The lowest BCUT2D eigenvalue weighted by molar-refractivity contribution is 0.734. The first-order valence-electron chi connectivity index (χ1n) is 5.66. The third-order valence-corrected chi connectivity index (χ3v) is 2.98. The Morgan fingerprint density at radius 1 is 1.17 bits per heavy atom. The molecular formula is C13H12N4O. The zero-order chi connectivity index (χ0) is 12.5. The Bertz CT molecular complexity index is 743. The molecule has 0 aliphatic rings. The SMILES string of the molecule is Cn1c(=O)n(Cc2ccncc2)c2cccnc21. The molecule has 0 atom stereocenters. The van der Waals surface area contributed by atoms with Gasteiger partial charge in [0.1, 0.15) is 0 Å². The predicted molar refractivity (Wildman–Crippen MR) is 68.3 cm³/mol. The number of hydrogen-bond acceptors (Lipinski definition) is 3. The van der Waals surface area contributed by atoms with Gasteiger partial charge in [-0.15, -0.1) is 0 Å². The van der Waals surface area contributed by atoms with Gasteiger partial charge in [-0.25, -0.2) is 9.78 Å². The van der Waals surface area contributed by atoms with Crippen LogP contribution in [0.5, 0.6) is 0 Å². The summed E-state index contributed by atoms with van der Waals surface area (Å²) in [4.78, 5) is 20.4. The van der Waals surface area contributed by atoms with Crippen molar-refractivity contribution in [1.29, 1.82) is 0 Å². The lowest BCUT2D eigenvalue weighted by Crippen LogP contribution is -2.22. The van der Waals surface area contributed by atoms with Crippen LogP contribution in [0.3, 0.4) is 0 Å². The molecule has 3 aromatic rings. The number of hydrogen-bond donors (Lipinski definition) is 0. The van der Waals surface area contributed by atoms with E-state index < -0.39 is 0 Å². The summed E-state index contributed by atoms with van der Waals surface area (Å²) in [6.45, 7) is 0.532. The standard InChI is InChI=1S/C13H12N4O/c1-16-12-11(3-2-6-15-12)17(13(16)18)9-10-4-7-14-8-5-10/h2-8H,9H2,1H3. The van der Waals surface area contributed by atoms with Gasteiger partial charge in [0, 0.05) is 25.6 Å². The minimum atomic E-state index is -0.0551. The van der Waals surface area contributed by atoms with E-state index in [-0.39, 0.29) is 5.69 Å². The van der Waals surface area contributed by atoms with Crippen LogP contribution in [0.25, 0.3) is 11.2 Å². The van der Waals surface area contributed by atoms with Crippen LogP contribution in [-0.2, 0) is 13.6 Å². The maximum atomic E-state index is 12.2. The molecule has 0 fully saturated rings. The number of aromatic nitrogens is 4. The van der Waals surface area contributed by atoms with Crippen molar-refractivity contribution in [2.75, 3.05) is 0 Å². The van der Waals surface area contributed by atoms with Crippen LogP contribution in [0.15, 0.2) is 47.7 Å². The maximum absolute atomic E-state index is 12.2. The molecule has 3 heterocycles. The van der Waals surface area contributed by atoms with E-state index in [4.69, 9.17) is 0 Å². The summed E-state index contributed by atoms with van der Waals surface area (Å²) in [5.41, 5.74) is 2.54. The average Bonchev–Trinajstić information content (AvgIpc) is 2.66. The Kier molecular flexibility index (Phi) is 2.44. The first-order chi connectivity index (χ1) is 8.77. The van der Waals surface area contributed by atoms with Gasteiger partial charge in [0.25, 0.3) is 0 Å². The Labute approximate surface area is 103 Å². The predicted octanol–water partition coefficient (Wildman–Crippen LogP) is 1.18. The first-order valence-corrected chi connectivity index (χ1v) is 5.66. The lowest BCUT2D eigenvalue weighted by atomic mass is 10.2. The minimum absolute atomic E-state index is 0.0551. The molecule has 0 N–H and O–H groups in total. The van der Waals surface area contributed by atoms with Crippen LogP contribution in [0.4, 0.5) is 0 Å². The molecule has 18 heavy (non-hydrogen) atoms. The first kappa shape index (κ1) is 10.7. The molecule has 0 aromatic carbocycles. The van der Waals surface area contributed by atoms with E-state index in [0.29, 0.717) is 12.2 Å². The van der Waals surface area contributed by atoms with Gasteiger partial charge in [0.2, 0.25) is 0 Å². The van der Waals surface area contributed by atoms with Crippen molar-refractivity contribution >= 4 is 11.2 Å². The second-order valence-electron chi connectivity index (χ2n) is 4.13. The average molecular weight is 240 g/mol. The van der Waals surface area contributed by atoms with Crippen molar-refractivity contribution in [1.82, 2.24) is 19.1 Å². The summed E-state index contributed by atoms with van der Waals surface area (Å²) in [5, 5.41) is 0. The molecular weight excluding hydrogens is 228 g/mol. The van der Waals surface area contributed by atoms with Crippen molar-refractivity contribution in [3.63, 3.8) is 0 Å². The van der Waals surface area contributed by atoms with Gasteiger partial charge in [0.15, 0.2) is 5.65 Å². The van der Waals surface area contributed by atoms with Gasteiger partial charge in [-0.1, -0.05) is 0 Å². The summed E-state index contributed by atoms with van der Waals surface area (Å²) in [6.07, 6.45) is 5.14. The molecule has 0 unspecified atom stereocenters. The zero-order valence-corrected chi connectivity index (χ0v) is 9.95. The number of imidazole rings is 1. The van der Waals surface area contributed by atoms with Crippen molar-refractivity contribution in [2.45, 2.75) is 6.54 Å². The molecule has 5 nitrogen and oxygen atoms in total. The van der Waals surface area contributed by atoms with Crippen LogP contribution in [0.2, 0.25) is 0 Å². The van der Waals surface area contributed by atoms with Crippen LogP contribution >= 0.6 is 0 Å². The Morgan fingerprint density at radius 2 is 1.94 bits per heavy atom. The Balaban J connectivity index is 2.18. The minimum Gasteiger partial charge on any atom is -0.286 e. The highest BCUT2D eigenvalue weighted by Gasteiger charge is 2.10. The molecule has 0 aliphatic carbocycles. The van der Waals surface area contributed by atoms with Crippen LogP contribution in [-0.4, -0.2) is 19.1 Å². The monoisotopic (exact) mass is 240 g/mol. The number of fused-ring (bicyclic) bond motifs is 1. The van der Waals surface area contributed by atoms with E-state index in [2.05, 4.69) is 9.97 Å². The van der Waals surface area contributed by atoms with E-state index in [1.807, 2.05) is 24.3 Å². The third kappa shape index (κ3) is 1.60. The van der Waals surface area contributed by atoms with E-state index in [0.717, 1.165) is 11.1 Å². The number of rotatable bonds is 2. The summed E-state index contributed by atoms with van der Waals surface area (Å²) in [7, 11) is 1.74. The second kappa shape index (κ2) is 4.10. The molecule has 3 aromatic heterocycles. The second-order valence-corrected chi connectivity index (χ2v) is 4.13. The molecule has 0 saturated heterocycles. The summed E-state index contributed by atoms with van der Waals surface area (Å²) in [5.74, 6) is 0. The van der Waals surface area contributed by atoms with E-state index in [9.17, 15) is 4.79 Å². The third-order valence-electron chi connectivity index (χ3n) is 2.98. The van der Waals surface area contributed by atoms with Gasteiger partial charge >= 0.3 is 5.69 Å². The van der Waals surface area contributed by atoms with E-state index in [1.54, 1.807) is 34.8 Å². The maximum Gasteiger partial charge on any atom is 0.330 e. The molecule has 0 spiro atoms. The fraction of sp³-hybridized carbons (Fsp3) is 0.154. The lowest BCUT2D eigenvalue weighted by Gasteiger charge is -2.02. The van der Waals surface area contributed by atoms with Gasteiger partial charge < -0.3 is 0 Å². The van der Waals surface area contributed by atoms with Crippen molar-refractivity contribution in [3.05, 3.63) is 58.9 Å². The van der Waals surface area contributed by atoms with Crippen LogP contribution < -0.4 is 5.69 Å². The van der Waals surface area contributed by atoms with Gasteiger partial charge in [-0.05, 0) is 29.8 Å².